The van der Waals surface area contributed by atoms with Crippen molar-refractivity contribution in [1.82, 2.24) is 14.9 Å². The van der Waals surface area contributed by atoms with E-state index in [-0.39, 0.29) is 11.5 Å². The van der Waals surface area contributed by atoms with Crippen LogP contribution in [-0.4, -0.2) is 47.1 Å². The zero-order chi connectivity index (χ0) is 20.5. The topological polar surface area (TPSA) is 75.3 Å². The molecule has 0 saturated carbocycles. The van der Waals surface area contributed by atoms with Gasteiger partial charge in [0.25, 0.3) is 11.5 Å². The van der Waals surface area contributed by atoms with Gasteiger partial charge in [-0.1, -0.05) is 6.92 Å². The van der Waals surface area contributed by atoms with Gasteiger partial charge >= 0.3 is 0 Å². The molecule has 0 bridgehead atoms. The molecular formula is C20H20BrN3O3S2. The molecule has 0 aromatic carbocycles. The van der Waals surface area contributed by atoms with Gasteiger partial charge in [0, 0.05) is 32.7 Å². The summed E-state index contributed by atoms with van der Waals surface area (Å²) in [4.78, 5) is 38.2. The highest BCUT2D eigenvalue weighted by molar-refractivity contribution is 9.10. The van der Waals surface area contributed by atoms with E-state index < -0.39 is 0 Å². The van der Waals surface area contributed by atoms with Gasteiger partial charge in [-0.3, -0.25) is 9.59 Å². The number of rotatable bonds is 4. The molecule has 6 nitrogen and oxygen atoms in total. The Morgan fingerprint density at radius 1 is 1.41 bits per heavy atom. The van der Waals surface area contributed by atoms with Crippen molar-refractivity contribution in [3.05, 3.63) is 47.4 Å². The summed E-state index contributed by atoms with van der Waals surface area (Å²) in [6.07, 6.45) is 2.58. The molecule has 1 N–H and O–H groups in total. The molecule has 1 saturated heterocycles. The minimum absolute atomic E-state index is 0.149. The number of ether oxygens (including phenoxy) is 1. The molecule has 4 rings (SSSR count). The van der Waals surface area contributed by atoms with Gasteiger partial charge in [0.15, 0.2) is 0 Å². The summed E-state index contributed by atoms with van der Waals surface area (Å²) < 4.78 is 6.32. The Balaban J connectivity index is 1.85. The van der Waals surface area contributed by atoms with E-state index in [4.69, 9.17) is 9.72 Å². The van der Waals surface area contributed by atoms with Crippen molar-refractivity contribution in [1.29, 1.82) is 0 Å². The van der Waals surface area contributed by atoms with E-state index in [0.29, 0.717) is 47.9 Å². The Bertz CT molecular complexity index is 1160. The van der Waals surface area contributed by atoms with Gasteiger partial charge in [-0.05, 0) is 47.0 Å². The zero-order valence-corrected chi connectivity index (χ0v) is 19.3. The number of nitrogens with zero attached hydrogens (tertiary/aromatic N) is 2. The second kappa shape index (κ2) is 8.51. The Labute approximate surface area is 184 Å². The first-order valence-corrected chi connectivity index (χ1v) is 11.8. The summed E-state index contributed by atoms with van der Waals surface area (Å²) in [5.74, 6) is 0.164. The highest BCUT2D eigenvalue weighted by Crippen LogP contribution is 2.30. The van der Waals surface area contributed by atoms with Gasteiger partial charge < -0.3 is 14.6 Å². The third-order valence-corrected chi connectivity index (χ3v) is 7.56. The van der Waals surface area contributed by atoms with E-state index in [1.807, 2.05) is 25.3 Å². The number of thiophene rings is 2. The van der Waals surface area contributed by atoms with Crippen LogP contribution in [0.3, 0.4) is 0 Å². The molecule has 0 atom stereocenters. The Kier molecular flexibility index (Phi) is 6.00. The van der Waals surface area contributed by atoms with Crippen molar-refractivity contribution in [2.75, 3.05) is 26.3 Å². The highest BCUT2D eigenvalue weighted by atomic mass is 79.9. The van der Waals surface area contributed by atoms with Crippen LogP contribution in [0.5, 0.6) is 0 Å². The number of amides is 1. The second-order valence-corrected chi connectivity index (χ2v) is 9.78. The van der Waals surface area contributed by atoms with Gasteiger partial charge in [0.05, 0.1) is 24.2 Å². The zero-order valence-electron chi connectivity index (χ0n) is 16.1. The van der Waals surface area contributed by atoms with Gasteiger partial charge in [-0.2, -0.15) is 0 Å². The van der Waals surface area contributed by atoms with Crippen LogP contribution in [0.15, 0.2) is 20.7 Å². The quantitative estimate of drug-likeness (QED) is 0.555. The molecule has 1 aliphatic rings. The lowest BCUT2D eigenvalue weighted by atomic mass is 10.1. The SMILES string of the molecule is CCc1c(C)sc2nc(/C(=C/c3cc(Br)cs3)C(=O)N3CCOCC3)[nH]c(=O)c12. The summed E-state index contributed by atoms with van der Waals surface area (Å²) in [6, 6.07) is 1.94. The number of hydrogen-bond donors (Lipinski definition) is 1. The van der Waals surface area contributed by atoms with Gasteiger partial charge in [-0.25, -0.2) is 4.98 Å². The first-order valence-electron chi connectivity index (χ1n) is 9.33. The standard InChI is InChI=1S/C20H20BrN3O3S2/c1-3-14-11(2)29-19-16(14)18(25)22-17(23-19)15(9-13-8-12(21)10-28-13)20(26)24-4-6-27-7-5-24/h8-10H,3-7H2,1-2H3,(H,22,23,25)/b15-9-. The predicted octanol–water partition coefficient (Wildman–Crippen LogP) is 4.08. The third-order valence-electron chi connectivity index (χ3n) is 4.87. The van der Waals surface area contributed by atoms with Crippen molar-refractivity contribution in [3.63, 3.8) is 0 Å². The van der Waals surface area contributed by atoms with E-state index in [2.05, 4.69) is 20.9 Å². The predicted molar refractivity (Wildman–Crippen MR) is 122 cm³/mol. The third kappa shape index (κ3) is 4.09. The van der Waals surface area contributed by atoms with Gasteiger partial charge in [0.2, 0.25) is 0 Å². The summed E-state index contributed by atoms with van der Waals surface area (Å²) in [5.41, 5.74) is 1.22. The van der Waals surface area contributed by atoms with E-state index in [9.17, 15) is 9.59 Å². The Morgan fingerprint density at radius 2 is 2.17 bits per heavy atom. The average molecular weight is 494 g/mol. The molecule has 152 valence electrons. The van der Waals surface area contributed by atoms with Crippen LogP contribution in [0.4, 0.5) is 0 Å². The van der Waals surface area contributed by atoms with Crippen LogP contribution >= 0.6 is 38.6 Å². The first-order chi connectivity index (χ1) is 14.0. The van der Waals surface area contributed by atoms with Crippen LogP contribution < -0.4 is 5.56 Å². The molecule has 0 spiro atoms. The lowest BCUT2D eigenvalue weighted by Gasteiger charge is -2.27. The maximum Gasteiger partial charge on any atom is 0.260 e. The number of carbonyl (C=O) groups is 1. The van der Waals surface area contributed by atoms with Crippen LogP contribution in [0.1, 0.15) is 28.1 Å². The van der Waals surface area contributed by atoms with Crippen LogP contribution in [0.25, 0.3) is 21.9 Å². The molecule has 0 radical (unpaired) electrons. The fourth-order valence-corrected chi connectivity index (χ4v) is 5.93. The maximum atomic E-state index is 13.3. The summed E-state index contributed by atoms with van der Waals surface area (Å²) in [5, 5.41) is 2.59. The molecule has 1 amide bonds. The second-order valence-electron chi connectivity index (χ2n) is 6.71. The van der Waals surface area contributed by atoms with Crippen molar-refractivity contribution in [3.8, 4) is 0 Å². The molecule has 0 unspecified atom stereocenters. The summed E-state index contributed by atoms with van der Waals surface area (Å²) in [6.45, 7) is 6.10. The normalized spacial score (nSPS) is 15.3. The largest absolute Gasteiger partial charge is 0.378 e. The maximum absolute atomic E-state index is 13.3. The van der Waals surface area contributed by atoms with Crippen molar-refractivity contribution < 1.29 is 9.53 Å². The number of nitrogens with one attached hydrogen (secondary N) is 1. The minimum Gasteiger partial charge on any atom is -0.378 e. The Morgan fingerprint density at radius 3 is 2.83 bits per heavy atom. The van der Waals surface area contributed by atoms with E-state index in [0.717, 1.165) is 26.2 Å². The molecule has 3 aromatic rings. The number of aromatic amines is 1. The van der Waals surface area contributed by atoms with Crippen molar-refractivity contribution in [2.24, 2.45) is 0 Å². The van der Waals surface area contributed by atoms with Crippen LogP contribution in [0.2, 0.25) is 0 Å². The van der Waals surface area contributed by atoms with Crippen molar-refractivity contribution >= 4 is 66.4 Å². The van der Waals surface area contributed by atoms with Gasteiger partial charge in [-0.15, -0.1) is 22.7 Å². The van der Waals surface area contributed by atoms with E-state index in [1.165, 1.54) is 22.7 Å². The molecular weight excluding hydrogens is 474 g/mol. The average Bonchev–Trinajstić information content (AvgIpc) is 3.28. The fourth-order valence-electron chi connectivity index (χ4n) is 3.44. The molecule has 9 heteroatoms. The lowest BCUT2D eigenvalue weighted by molar-refractivity contribution is -0.128. The smallest absolute Gasteiger partial charge is 0.260 e. The number of carbonyl (C=O) groups excluding carboxylic acids is 1. The van der Waals surface area contributed by atoms with E-state index in [1.54, 1.807) is 11.0 Å². The highest BCUT2D eigenvalue weighted by Gasteiger charge is 2.25. The number of morpholine rings is 1. The number of fused-ring (bicyclic) bond motifs is 1. The Hall–Kier alpha value is -1.81. The number of halogens is 1. The summed E-state index contributed by atoms with van der Waals surface area (Å²) in [7, 11) is 0. The molecule has 4 heterocycles. The molecule has 29 heavy (non-hydrogen) atoms. The monoisotopic (exact) mass is 493 g/mol. The van der Waals surface area contributed by atoms with Gasteiger partial charge in [0.1, 0.15) is 10.7 Å². The number of H-pyrrole nitrogens is 1. The summed E-state index contributed by atoms with van der Waals surface area (Å²) >= 11 is 6.47. The van der Waals surface area contributed by atoms with Crippen LogP contribution in [-0.2, 0) is 16.0 Å². The number of aromatic nitrogens is 2. The molecule has 1 aliphatic heterocycles. The molecule has 1 fully saturated rings. The van der Waals surface area contributed by atoms with E-state index >= 15 is 0 Å². The number of hydrogen-bond acceptors (Lipinski definition) is 6. The van der Waals surface area contributed by atoms with Crippen molar-refractivity contribution in [2.45, 2.75) is 20.3 Å². The first kappa shape index (κ1) is 20.5. The lowest BCUT2D eigenvalue weighted by Crippen LogP contribution is -2.41. The molecule has 0 aliphatic carbocycles. The fraction of sp³-hybridized carbons (Fsp3) is 0.350. The number of aryl methyl sites for hydroxylation is 2. The van der Waals surface area contributed by atoms with Crippen LogP contribution in [0, 0.1) is 6.92 Å². The minimum atomic E-state index is -0.195. The molecule has 3 aromatic heterocycles.